The van der Waals surface area contributed by atoms with Gasteiger partial charge in [0.1, 0.15) is 16.5 Å². The maximum atomic E-state index is 13.3. The van der Waals surface area contributed by atoms with Crippen LogP contribution in [0.3, 0.4) is 0 Å². The van der Waals surface area contributed by atoms with Gasteiger partial charge >= 0.3 is 0 Å². The Bertz CT molecular complexity index is 1490. The molecule has 40 heavy (non-hydrogen) atoms. The Kier molecular flexibility index (Phi) is 7.80. The maximum Gasteiger partial charge on any atom is 0.283 e. The van der Waals surface area contributed by atoms with Crippen LogP contribution in [0.2, 0.25) is 0 Å². The van der Waals surface area contributed by atoms with Crippen molar-refractivity contribution >= 4 is 52.1 Å². The number of nitrogens with one attached hydrogen (secondary N) is 2. The first-order chi connectivity index (χ1) is 19.2. The number of hydrogen-bond acceptors (Lipinski definition) is 6. The smallest absolute Gasteiger partial charge is 0.283 e. The minimum Gasteiger partial charge on any atom is -0.495 e. The van der Waals surface area contributed by atoms with Gasteiger partial charge in [-0.15, -0.1) is 0 Å². The van der Waals surface area contributed by atoms with Gasteiger partial charge in [0.2, 0.25) is 0 Å². The zero-order valence-electron chi connectivity index (χ0n) is 22.7. The van der Waals surface area contributed by atoms with E-state index in [9.17, 15) is 14.4 Å². The lowest BCUT2D eigenvalue weighted by molar-refractivity contribution is -0.120. The van der Waals surface area contributed by atoms with Crippen molar-refractivity contribution < 1.29 is 19.1 Å². The third-order valence-electron chi connectivity index (χ3n) is 7.27. The zero-order valence-corrected chi connectivity index (χ0v) is 23.4. The molecule has 3 aromatic rings. The summed E-state index contributed by atoms with van der Waals surface area (Å²) in [6.07, 6.45) is 2.37. The molecule has 0 radical (unpaired) electrons. The van der Waals surface area contributed by atoms with Crippen molar-refractivity contribution in [2.75, 3.05) is 40.6 Å². The maximum absolute atomic E-state index is 13.3. The molecular formula is C31H31ClN4O4. The summed E-state index contributed by atoms with van der Waals surface area (Å²) in [5, 5.41) is 5.62. The van der Waals surface area contributed by atoms with Crippen molar-refractivity contribution in [1.82, 2.24) is 0 Å². The van der Waals surface area contributed by atoms with Crippen molar-refractivity contribution in [3.63, 3.8) is 0 Å². The van der Waals surface area contributed by atoms with E-state index in [4.69, 9.17) is 16.3 Å². The number of piperidine rings is 1. The number of imide groups is 1. The molecular weight excluding hydrogens is 528 g/mol. The molecule has 0 spiro atoms. The molecule has 2 heterocycles. The minimum absolute atomic E-state index is 0.0736. The number of ether oxygens (including phenoxy) is 1. The van der Waals surface area contributed by atoms with Gasteiger partial charge in [-0.05, 0) is 85.8 Å². The topological polar surface area (TPSA) is 91.0 Å². The average Bonchev–Trinajstić information content (AvgIpc) is 3.16. The van der Waals surface area contributed by atoms with E-state index in [0.717, 1.165) is 35.2 Å². The fourth-order valence-corrected chi connectivity index (χ4v) is 5.13. The first-order valence-electron chi connectivity index (χ1n) is 13.2. The van der Waals surface area contributed by atoms with Gasteiger partial charge in [0, 0.05) is 35.7 Å². The van der Waals surface area contributed by atoms with Crippen LogP contribution in [-0.2, 0) is 9.59 Å². The summed E-state index contributed by atoms with van der Waals surface area (Å²) in [6.45, 7) is 6.21. The van der Waals surface area contributed by atoms with Crippen LogP contribution >= 0.6 is 11.6 Å². The van der Waals surface area contributed by atoms with E-state index in [-0.39, 0.29) is 16.6 Å². The van der Waals surface area contributed by atoms with Gasteiger partial charge in [0.05, 0.1) is 12.8 Å². The fraction of sp³-hybridized carbons (Fsp3) is 0.258. The van der Waals surface area contributed by atoms with Crippen molar-refractivity contribution in [3.05, 3.63) is 88.6 Å². The van der Waals surface area contributed by atoms with Crippen LogP contribution in [0, 0.1) is 12.8 Å². The van der Waals surface area contributed by atoms with Crippen molar-refractivity contribution in [3.8, 4) is 5.75 Å². The van der Waals surface area contributed by atoms with Gasteiger partial charge in [-0.25, -0.2) is 4.90 Å². The zero-order chi connectivity index (χ0) is 28.4. The van der Waals surface area contributed by atoms with E-state index < -0.39 is 11.8 Å². The van der Waals surface area contributed by atoms with E-state index in [1.54, 1.807) is 36.4 Å². The highest BCUT2D eigenvalue weighted by atomic mass is 35.5. The molecule has 0 saturated carbocycles. The molecule has 8 nitrogen and oxygen atoms in total. The summed E-state index contributed by atoms with van der Waals surface area (Å²) in [4.78, 5) is 42.6. The molecule has 0 atom stereocenters. The Morgan fingerprint density at radius 3 is 2.38 bits per heavy atom. The SMILES string of the molecule is COc1ccc(C)cc1N1C(=O)C(Cl)=C(Nc2cccc(C(=O)Nc3ccc(N4CCC(C)CC4)cc3)c2)C1=O. The van der Waals surface area contributed by atoms with E-state index in [1.165, 1.54) is 20.0 Å². The molecule has 1 saturated heterocycles. The second kappa shape index (κ2) is 11.4. The van der Waals surface area contributed by atoms with Crippen LogP contribution in [0.4, 0.5) is 22.7 Å². The van der Waals surface area contributed by atoms with Gasteiger partial charge in [-0.1, -0.05) is 30.7 Å². The molecule has 5 rings (SSSR count). The Morgan fingerprint density at radius 2 is 1.68 bits per heavy atom. The Balaban J connectivity index is 1.28. The minimum atomic E-state index is -0.658. The summed E-state index contributed by atoms with van der Waals surface area (Å²) in [6, 6.07) is 19.7. The van der Waals surface area contributed by atoms with E-state index in [2.05, 4.69) is 22.5 Å². The number of carbonyl (C=O) groups excluding carboxylic acids is 3. The molecule has 9 heteroatoms. The lowest BCUT2D eigenvalue weighted by atomic mass is 9.99. The van der Waals surface area contributed by atoms with Crippen molar-refractivity contribution in [2.24, 2.45) is 5.92 Å². The lowest BCUT2D eigenvalue weighted by Crippen LogP contribution is -2.32. The standard InChI is InChI=1S/C31H31ClN4O4/c1-19-13-15-35(16-14-19)24-10-8-22(9-11-24)34-29(37)21-5-4-6-23(18-21)33-28-27(32)30(38)36(31(28)39)25-17-20(2)7-12-26(25)40-3/h4-12,17-19,33H,13-16H2,1-3H3,(H,34,37). The van der Waals surface area contributed by atoms with Crippen molar-refractivity contribution in [1.29, 1.82) is 0 Å². The number of nitrogens with zero attached hydrogens (tertiary/aromatic N) is 2. The number of carbonyl (C=O) groups is 3. The largest absolute Gasteiger partial charge is 0.495 e. The Hall–Kier alpha value is -4.30. The Labute approximate surface area is 238 Å². The number of amides is 3. The number of aryl methyl sites for hydroxylation is 1. The number of methoxy groups -OCH3 is 1. The summed E-state index contributed by atoms with van der Waals surface area (Å²) < 4.78 is 5.36. The number of halogens is 1. The molecule has 2 aliphatic rings. The second-order valence-electron chi connectivity index (χ2n) is 10.2. The molecule has 0 bridgehead atoms. The first-order valence-corrected chi connectivity index (χ1v) is 13.6. The van der Waals surface area contributed by atoms with Crippen LogP contribution in [0.15, 0.2) is 77.5 Å². The number of anilines is 4. The second-order valence-corrected chi connectivity index (χ2v) is 10.6. The number of hydrogen-bond donors (Lipinski definition) is 2. The molecule has 2 N–H and O–H groups in total. The average molecular weight is 559 g/mol. The van der Waals surface area contributed by atoms with Crippen LogP contribution in [0.25, 0.3) is 0 Å². The first kappa shape index (κ1) is 27.3. The highest BCUT2D eigenvalue weighted by Gasteiger charge is 2.40. The highest BCUT2D eigenvalue weighted by Crippen LogP contribution is 2.36. The monoisotopic (exact) mass is 558 g/mol. The molecule has 0 aromatic heterocycles. The quantitative estimate of drug-likeness (QED) is 0.349. The highest BCUT2D eigenvalue weighted by molar-refractivity contribution is 6.53. The summed E-state index contributed by atoms with van der Waals surface area (Å²) >= 11 is 6.32. The van der Waals surface area contributed by atoms with E-state index in [0.29, 0.717) is 28.4 Å². The predicted molar refractivity (Wildman–Crippen MR) is 158 cm³/mol. The lowest BCUT2D eigenvalue weighted by Gasteiger charge is -2.32. The number of rotatable bonds is 7. The van der Waals surface area contributed by atoms with Gasteiger partial charge in [-0.2, -0.15) is 0 Å². The van der Waals surface area contributed by atoms with Gasteiger partial charge in [0.15, 0.2) is 0 Å². The summed E-state index contributed by atoms with van der Waals surface area (Å²) in [5.41, 5.74) is 3.73. The van der Waals surface area contributed by atoms with Crippen LogP contribution < -0.4 is 25.2 Å². The normalized spacial score (nSPS) is 16.0. The summed E-state index contributed by atoms with van der Waals surface area (Å²) in [5.74, 6) is -0.444. The Morgan fingerprint density at radius 1 is 0.950 bits per heavy atom. The molecule has 206 valence electrons. The van der Waals surface area contributed by atoms with Gasteiger partial charge < -0.3 is 20.3 Å². The fourth-order valence-electron chi connectivity index (χ4n) is 4.91. The third-order valence-corrected chi connectivity index (χ3v) is 7.62. The van der Waals surface area contributed by atoms with Crippen LogP contribution in [0.5, 0.6) is 5.75 Å². The summed E-state index contributed by atoms with van der Waals surface area (Å²) in [7, 11) is 1.47. The van der Waals surface area contributed by atoms with Gasteiger partial charge in [-0.3, -0.25) is 14.4 Å². The molecule has 3 aromatic carbocycles. The van der Waals surface area contributed by atoms with Crippen LogP contribution in [0.1, 0.15) is 35.7 Å². The van der Waals surface area contributed by atoms with E-state index >= 15 is 0 Å². The third kappa shape index (κ3) is 5.53. The molecule has 3 amide bonds. The van der Waals surface area contributed by atoms with Crippen molar-refractivity contribution in [2.45, 2.75) is 26.7 Å². The van der Waals surface area contributed by atoms with E-state index in [1.807, 2.05) is 37.3 Å². The van der Waals surface area contributed by atoms with Gasteiger partial charge in [0.25, 0.3) is 17.7 Å². The molecule has 1 fully saturated rings. The molecule has 2 aliphatic heterocycles. The predicted octanol–water partition coefficient (Wildman–Crippen LogP) is 5.93. The van der Waals surface area contributed by atoms with Crippen LogP contribution in [-0.4, -0.2) is 37.9 Å². The molecule has 0 unspecified atom stereocenters. The molecule has 0 aliphatic carbocycles. The number of benzene rings is 3.